The van der Waals surface area contributed by atoms with Crippen molar-refractivity contribution in [1.82, 2.24) is 20.1 Å². The van der Waals surface area contributed by atoms with Crippen LogP contribution < -0.4 is 0 Å². The first-order valence-corrected chi connectivity index (χ1v) is 7.06. The number of aryl methyl sites for hydroxylation is 1. The molecule has 2 N–H and O–H groups in total. The minimum Gasteiger partial charge on any atom is -0.480 e. The number of H-pyrrole nitrogens is 1. The van der Waals surface area contributed by atoms with E-state index in [1.807, 2.05) is 6.92 Å². The lowest BCUT2D eigenvalue weighted by Gasteiger charge is -2.25. The molecule has 7 nitrogen and oxygen atoms in total. The van der Waals surface area contributed by atoms with E-state index in [1.165, 1.54) is 4.90 Å². The zero-order valence-corrected chi connectivity index (χ0v) is 11.6. The largest absolute Gasteiger partial charge is 0.480 e. The van der Waals surface area contributed by atoms with E-state index in [-0.39, 0.29) is 18.4 Å². The standard InChI is InChI=1S/C13H20N4O3/c1-2-5-10-14-12(16-15-10)13(20)17(8-11(18)19)9-6-3-4-7-9/h9H,2-8H2,1H3,(H,18,19)(H,14,15,16). The van der Waals surface area contributed by atoms with Crippen LogP contribution >= 0.6 is 0 Å². The first-order chi connectivity index (χ1) is 9.61. The second kappa shape index (κ2) is 6.49. The Morgan fingerprint density at radius 3 is 2.70 bits per heavy atom. The van der Waals surface area contributed by atoms with Gasteiger partial charge in [0.05, 0.1) is 0 Å². The van der Waals surface area contributed by atoms with Gasteiger partial charge in [-0.2, -0.15) is 0 Å². The highest BCUT2D eigenvalue weighted by atomic mass is 16.4. The number of carboxylic acids is 1. The number of carbonyl (C=O) groups is 2. The fourth-order valence-corrected chi connectivity index (χ4v) is 2.60. The monoisotopic (exact) mass is 280 g/mol. The highest BCUT2D eigenvalue weighted by Gasteiger charge is 2.31. The van der Waals surface area contributed by atoms with Crippen molar-refractivity contribution in [2.24, 2.45) is 0 Å². The van der Waals surface area contributed by atoms with Crippen LogP contribution in [0.15, 0.2) is 0 Å². The van der Waals surface area contributed by atoms with Gasteiger partial charge in [-0.3, -0.25) is 14.7 Å². The van der Waals surface area contributed by atoms with Gasteiger partial charge in [0.25, 0.3) is 5.91 Å². The molecule has 0 radical (unpaired) electrons. The van der Waals surface area contributed by atoms with E-state index in [9.17, 15) is 9.59 Å². The van der Waals surface area contributed by atoms with Crippen molar-refractivity contribution in [3.63, 3.8) is 0 Å². The molecular formula is C13H20N4O3. The Morgan fingerprint density at radius 2 is 2.10 bits per heavy atom. The number of hydrogen-bond acceptors (Lipinski definition) is 4. The summed E-state index contributed by atoms with van der Waals surface area (Å²) < 4.78 is 0. The van der Waals surface area contributed by atoms with Crippen LogP contribution in [0, 0.1) is 0 Å². The average Bonchev–Trinajstić information content (AvgIpc) is 3.06. The van der Waals surface area contributed by atoms with Crippen LogP contribution in [0.25, 0.3) is 0 Å². The summed E-state index contributed by atoms with van der Waals surface area (Å²) in [5, 5.41) is 15.6. The molecule has 1 aromatic heterocycles. The van der Waals surface area contributed by atoms with Crippen molar-refractivity contribution < 1.29 is 14.7 Å². The van der Waals surface area contributed by atoms with Crippen molar-refractivity contribution in [2.45, 2.75) is 51.5 Å². The number of nitrogens with zero attached hydrogens (tertiary/aromatic N) is 3. The second-order valence-corrected chi connectivity index (χ2v) is 5.12. The maximum Gasteiger partial charge on any atom is 0.323 e. The molecule has 0 aliphatic heterocycles. The third-order valence-electron chi connectivity index (χ3n) is 3.54. The van der Waals surface area contributed by atoms with E-state index in [1.54, 1.807) is 0 Å². The lowest BCUT2D eigenvalue weighted by atomic mass is 10.2. The van der Waals surface area contributed by atoms with Crippen LogP contribution in [0.5, 0.6) is 0 Å². The zero-order valence-electron chi connectivity index (χ0n) is 11.6. The average molecular weight is 280 g/mol. The second-order valence-electron chi connectivity index (χ2n) is 5.12. The van der Waals surface area contributed by atoms with Crippen LogP contribution in [0.4, 0.5) is 0 Å². The number of nitrogens with one attached hydrogen (secondary N) is 1. The molecule has 0 bridgehead atoms. The Hall–Kier alpha value is -1.92. The Labute approximate surface area is 117 Å². The van der Waals surface area contributed by atoms with E-state index in [2.05, 4.69) is 15.2 Å². The number of aromatic amines is 1. The molecule has 1 fully saturated rings. The molecule has 0 spiro atoms. The lowest BCUT2D eigenvalue weighted by molar-refractivity contribution is -0.138. The maximum absolute atomic E-state index is 12.4. The fraction of sp³-hybridized carbons (Fsp3) is 0.692. The topological polar surface area (TPSA) is 99.2 Å². The molecule has 0 unspecified atom stereocenters. The first-order valence-electron chi connectivity index (χ1n) is 7.06. The van der Waals surface area contributed by atoms with Crippen LogP contribution in [-0.4, -0.2) is 49.7 Å². The molecule has 1 aliphatic rings. The van der Waals surface area contributed by atoms with Gasteiger partial charge in [-0.15, -0.1) is 5.10 Å². The molecule has 110 valence electrons. The third kappa shape index (κ3) is 3.34. The Morgan fingerprint density at radius 1 is 1.40 bits per heavy atom. The molecule has 0 aromatic carbocycles. The normalized spacial score (nSPS) is 15.4. The molecule has 7 heteroatoms. The number of amides is 1. The Kier molecular flexibility index (Phi) is 4.70. The fourth-order valence-electron chi connectivity index (χ4n) is 2.60. The van der Waals surface area contributed by atoms with Crippen LogP contribution in [0.3, 0.4) is 0 Å². The molecule has 1 saturated carbocycles. The van der Waals surface area contributed by atoms with Gasteiger partial charge in [0.2, 0.25) is 5.82 Å². The summed E-state index contributed by atoms with van der Waals surface area (Å²) in [6.45, 7) is 1.72. The summed E-state index contributed by atoms with van der Waals surface area (Å²) in [6.07, 6.45) is 5.40. The van der Waals surface area contributed by atoms with E-state index in [4.69, 9.17) is 5.11 Å². The predicted molar refractivity (Wildman–Crippen MR) is 71.3 cm³/mol. The first kappa shape index (κ1) is 14.5. The molecule has 1 amide bonds. The lowest BCUT2D eigenvalue weighted by Crippen LogP contribution is -2.42. The van der Waals surface area contributed by atoms with Crippen molar-refractivity contribution in [1.29, 1.82) is 0 Å². The molecule has 1 aliphatic carbocycles. The number of aliphatic carboxylic acids is 1. The third-order valence-corrected chi connectivity index (χ3v) is 3.54. The summed E-state index contributed by atoms with van der Waals surface area (Å²) in [4.78, 5) is 28.9. The number of carbonyl (C=O) groups excluding carboxylic acids is 1. The smallest absolute Gasteiger partial charge is 0.323 e. The number of carboxylic acid groups (broad SMARTS) is 1. The van der Waals surface area contributed by atoms with Crippen molar-refractivity contribution in [3.05, 3.63) is 11.6 Å². The van der Waals surface area contributed by atoms with Crippen LogP contribution in [-0.2, 0) is 11.2 Å². The van der Waals surface area contributed by atoms with Gasteiger partial charge >= 0.3 is 5.97 Å². The summed E-state index contributed by atoms with van der Waals surface area (Å²) in [5.41, 5.74) is 0. The minimum absolute atomic E-state index is 0.00766. The van der Waals surface area contributed by atoms with Gasteiger partial charge in [-0.05, 0) is 19.3 Å². The maximum atomic E-state index is 12.4. The predicted octanol–water partition coefficient (Wildman–Crippen LogP) is 1.23. The Balaban J connectivity index is 2.13. The molecule has 0 saturated heterocycles. The molecule has 1 heterocycles. The van der Waals surface area contributed by atoms with E-state index < -0.39 is 11.9 Å². The van der Waals surface area contributed by atoms with Gasteiger partial charge in [0.1, 0.15) is 12.4 Å². The zero-order chi connectivity index (χ0) is 14.5. The van der Waals surface area contributed by atoms with Gasteiger partial charge in [-0.1, -0.05) is 19.8 Å². The molecule has 0 atom stereocenters. The van der Waals surface area contributed by atoms with Gasteiger partial charge in [0, 0.05) is 12.5 Å². The van der Waals surface area contributed by atoms with Crippen LogP contribution in [0.1, 0.15) is 55.5 Å². The number of rotatable bonds is 6. The van der Waals surface area contributed by atoms with Crippen molar-refractivity contribution in [2.75, 3.05) is 6.54 Å². The van der Waals surface area contributed by atoms with E-state index >= 15 is 0 Å². The summed E-state index contributed by atoms with van der Waals surface area (Å²) in [6, 6.07) is -0.00766. The van der Waals surface area contributed by atoms with Crippen molar-refractivity contribution >= 4 is 11.9 Å². The highest BCUT2D eigenvalue weighted by molar-refractivity contribution is 5.92. The van der Waals surface area contributed by atoms with E-state index in [0.717, 1.165) is 38.5 Å². The quantitative estimate of drug-likeness (QED) is 0.816. The number of aromatic nitrogens is 3. The molecule has 2 rings (SSSR count). The molecular weight excluding hydrogens is 260 g/mol. The SMILES string of the molecule is CCCc1nc(C(=O)N(CC(=O)O)C2CCCC2)n[nH]1. The van der Waals surface area contributed by atoms with Gasteiger partial charge in [0.15, 0.2) is 0 Å². The minimum atomic E-state index is -1.01. The van der Waals surface area contributed by atoms with Crippen LogP contribution in [0.2, 0.25) is 0 Å². The summed E-state index contributed by atoms with van der Waals surface area (Å²) in [7, 11) is 0. The summed E-state index contributed by atoms with van der Waals surface area (Å²) in [5.74, 6) is -0.661. The van der Waals surface area contributed by atoms with E-state index in [0.29, 0.717) is 5.82 Å². The van der Waals surface area contributed by atoms with Gasteiger partial charge in [-0.25, -0.2) is 4.98 Å². The van der Waals surface area contributed by atoms with Crippen molar-refractivity contribution in [3.8, 4) is 0 Å². The van der Waals surface area contributed by atoms with Gasteiger partial charge < -0.3 is 10.0 Å². The molecule has 20 heavy (non-hydrogen) atoms. The molecule has 1 aromatic rings. The highest BCUT2D eigenvalue weighted by Crippen LogP contribution is 2.24. The summed E-state index contributed by atoms with van der Waals surface area (Å²) >= 11 is 0. The number of hydrogen-bond donors (Lipinski definition) is 2. The Bertz CT molecular complexity index is 480.